The molecule has 0 fully saturated rings. The van der Waals surface area contributed by atoms with Gasteiger partial charge in [-0.15, -0.1) is 0 Å². The van der Waals surface area contributed by atoms with Crippen LogP contribution in [0.4, 0.5) is 0 Å². The Hall–Kier alpha value is -4.50. The van der Waals surface area contributed by atoms with E-state index in [0.29, 0.717) is 42.9 Å². The first-order valence-corrected chi connectivity index (χ1v) is 15.4. The lowest BCUT2D eigenvalue weighted by atomic mass is 9.98. The van der Waals surface area contributed by atoms with E-state index < -0.39 is 5.97 Å². The Labute approximate surface area is 267 Å². The number of para-hydroxylation sites is 1. The van der Waals surface area contributed by atoms with Gasteiger partial charge in [-0.1, -0.05) is 36.7 Å². The second-order valence-electron chi connectivity index (χ2n) is 11.5. The van der Waals surface area contributed by atoms with Gasteiger partial charge in [-0.25, -0.2) is 4.79 Å². The average Bonchev–Trinajstić information content (AvgIpc) is 3.63. The molecular weight excluding hydrogens is 592 g/mol. The molecule has 0 spiro atoms. The molecule has 0 saturated heterocycles. The number of benzene rings is 2. The second-order valence-corrected chi connectivity index (χ2v) is 11.9. The summed E-state index contributed by atoms with van der Waals surface area (Å²) in [6.45, 7) is 10.3. The van der Waals surface area contributed by atoms with Crippen molar-refractivity contribution in [2.45, 2.75) is 60.4 Å². The molecule has 3 heterocycles. The van der Waals surface area contributed by atoms with E-state index in [0.717, 1.165) is 60.9 Å². The summed E-state index contributed by atoms with van der Waals surface area (Å²) in [6.07, 6.45) is 1.79. The van der Waals surface area contributed by atoms with Crippen LogP contribution in [0.15, 0.2) is 40.8 Å². The monoisotopic (exact) mass is 630 g/mol. The third-order valence-electron chi connectivity index (χ3n) is 8.42. The highest BCUT2D eigenvalue weighted by atomic mass is 35.5. The summed E-state index contributed by atoms with van der Waals surface area (Å²) in [7, 11) is 3.84. The minimum Gasteiger partial charge on any atom is -0.494 e. The number of hydrogen-bond acceptors (Lipinski definition) is 5. The molecule has 10 heteroatoms. The third kappa shape index (κ3) is 6.09. The lowest BCUT2D eigenvalue weighted by Gasteiger charge is -2.11. The highest BCUT2D eigenvalue weighted by Crippen LogP contribution is 2.37. The second kappa shape index (κ2) is 12.9. The zero-order valence-corrected chi connectivity index (χ0v) is 27.6. The average molecular weight is 631 g/mol. The van der Waals surface area contributed by atoms with Crippen LogP contribution >= 0.6 is 11.6 Å². The van der Waals surface area contributed by atoms with E-state index in [1.165, 1.54) is 0 Å². The fourth-order valence-corrected chi connectivity index (χ4v) is 6.30. The number of rotatable bonds is 11. The first-order valence-electron chi connectivity index (χ1n) is 15.1. The fourth-order valence-electron chi connectivity index (χ4n) is 6.19. The minimum atomic E-state index is -1.12. The van der Waals surface area contributed by atoms with Gasteiger partial charge in [0.2, 0.25) is 5.76 Å². The lowest BCUT2D eigenvalue weighted by molar-refractivity contribution is 0.0658. The minimum absolute atomic E-state index is 0.0616. The zero-order valence-electron chi connectivity index (χ0n) is 26.8. The molecule has 0 unspecified atom stereocenters. The van der Waals surface area contributed by atoms with Gasteiger partial charge in [0.25, 0.3) is 5.91 Å². The van der Waals surface area contributed by atoms with E-state index in [1.54, 1.807) is 6.07 Å². The van der Waals surface area contributed by atoms with Crippen molar-refractivity contribution in [3.63, 3.8) is 0 Å². The molecule has 3 aromatic heterocycles. The van der Waals surface area contributed by atoms with E-state index in [1.807, 2.05) is 76.2 Å². The normalized spacial score (nSPS) is 11.4. The highest BCUT2D eigenvalue weighted by molar-refractivity contribution is 6.32. The Kier molecular flexibility index (Phi) is 9.11. The van der Waals surface area contributed by atoms with Gasteiger partial charge in [-0.2, -0.15) is 5.10 Å². The number of nitrogens with one attached hydrogen (secondary N) is 1. The number of carboxylic acid groups (broad SMARTS) is 1. The van der Waals surface area contributed by atoms with Crippen molar-refractivity contribution in [1.82, 2.24) is 19.7 Å². The Bertz CT molecular complexity index is 1910. The van der Waals surface area contributed by atoms with Crippen LogP contribution in [0.25, 0.3) is 22.0 Å². The number of fused-ring (bicyclic) bond motifs is 1. The standard InChI is InChI=1S/C35H39ClN4O5/c1-8-23-17-25(45-33(23)35(42)43)18-37-34(41)32-27(13-10-14-44-24-15-19(2)30(36)20(3)16-24)26-11-9-12-28(31(26)39(32)6)29-21(4)38-40(7)22(29)5/h9,11-12,15-17H,8,10,13-14,18H2,1-7H3,(H,37,41)(H,42,43). The highest BCUT2D eigenvalue weighted by Gasteiger charge is 2.25. The predicted octanol–water partition coefficient (Wildman–Crippen LogP) is 7.26. The number of carbonyl (C=O) groups is 2. The number of aromatic nitrogens is 3. The van der Waals surface area contributed by atoms with E-state index in [4.69, 9.17) is 20.8 Å². The molecular formula is C35H39ClN4O5. The maximum absolute atomic E-state index is 13.9. The summed E-state index contributed by atoms with van der Waals surface area (Å²) in [5, 5.41) is 18.8. The number of aryl methyl sites for hydroxylation is 7. The molecule has 2 aromatic carbocycles. The van der Waals surface area contributed by atoms with E-state index in [9.17, 15) is 14.7 Å². The molecule has 0 bridgehead atoms. The van der Waals surface area contributed by atoms with Crippen LogP contribution in [-0.4, -0.2) is 37.9 Å². The van der Waals surface area contributed by atoms with Crippen molar-refractivity contribution >= 4 is 34.4 Å². The molecule has 0 aliphatic heterocycles. The Balaban J connectivity index is 1.49. The van der Waals surface area contributed by atoms with Crippen molar-refractivity contribution in [2.75, 3.05) is 6.61 Å². The molecule has 0 aliphatic carbocycles. The van der Waals surface area contributed by atoms with Crippen molar-refractivity contribution in [3.8, 4) is 16.9 Å². The molecule has 236 valence electrons. The lowest BCUT2D eigenvalue weighted by Crippen LogP contribution is -2.26. The fraction of sp³-hybridized carbons (Fsp3) is 0.343. The molecule has 5 aromatic rings. The summed E-state index contributed by atoms with van der Waals surface area (Å²) in [5.41, 5.74) is 8.92. The van der Waals surface area contributed by atoms with E-state index in [-0.39, 0.29) is 18.2 Å². The first-order chi connectivity index (χ1) is 21.4. The van der Waals surface area contributed by atoms with E-state index >= 15 is 0 Å². The van der Waals surface area contributed by atoms with E-state index in [2.05, 4.69) is 22.5 Å². The maximum Gasteiger partial charge on any atom is 0.372 e. The summed E-state index contributed by atoms with van der Waals surface area (Å²) >= 11 is 6.34. The number of aromatic carboxylic acids is 1. The SMILES string of the molecule is CCc1cc(CNC(=O)c2c(CCCOc3cc(C)c(Cl)c(C)c3)c3cccc(-c4c(C)nn(C)c4C)c3n2C)oc1C(=O)O. The van der Waals surface area contributed by atoms with Crippen LogP contribution in [0.1, 0.15) is 73.8 Å². The van der Waals surface area contributed by atoms with Crippen LogP contribution in [0.3, 0.4) is 0 Å². The predicted molar refractivity (Wildman–Crippen MR) is 176 cm³/mol. The van der Waals surface area contributed by atoms with Gasteiger partial charge < -0.3 is 24.1 Å². The van der Waals surface area contributed by atoms with Gasteiger partial charge in [0.05, 0.1) is 24.4 Å². The molecule has 0 saturated carbocycles. The van der Waals surface area contributed by atoms with Gasteiger partial charge in [-0.3, -0.25) is 9.48 Å². The topological polar surface area (TPSA) is 112 Å². The summed E-state index contributed by atoms with van der Waals surface area (Å²) in [6, 6.07) is 11.7. The molecule has 1 amide bonds. The first kappa shape index (κ1) is 31.9. The van der Waals surface area contributed by atoms with Gasteiger partial charge in [0.1, 0.15) is 17.2 Å². The van der Waals surface area contributed by atoms with Crippen molar-refractivity contribution in [3.05, 3.63) is 92.3 Å². The number of carboxylic acids is 1. The van der Waals surface area contributed by atoms with Crippen LogP contribution in [0.5, 0.6) is 5.75 Å². The van der Waals surface area contributed by atoms with Crippen LogP contribution in [0, 0.1) is 27.7 Å². The smallest absolute Gasteiger partial charge is 0.372 e. The number of halogens is 1. The largest absolute Gasteiger partial charge is 0.494 e. The van der Waals surface area contributed by atoms with Gasteiger partial charge in [0.15, 0.2) is 0 Å². The van der Waals surface area contributed by atoms with Crippen LogP contribution in [-0.2, 0) is 33.5 Å². The van der Waals surface area contributed by atoms with Crippen LogP contribution in [0.2, 0.25) is 5.02 Å². The molecule has 0 radical (unpaired) electrons. The quantitative estimate of drug-likeness (QED) is 0.149. The van der Waals surface area contributed by atoms with Gasteiger partial charge in [-0.05, 0) is 81.8 Å². The van der Waals surface area contributed by atoms with Crippen molar-refractivity contribution in [1.29, 1.82) is 0 Å². The molecule has 45 heavy (non-hydrogen) atoms. The number of furan rings is 1. The number of carbonyl (C=O) groups excluding carboxylic acids is 1. The Morgan fingerprint density at radius 1 is 1.09 bits per heavy atom. The number of nitrogens with zero attached hydrogens (tertiary/aromatic N) is 3. The van der Waals surface area contributed by atoms with Crippen molar-refractivity contribution < 1.29 is 23.8 Å². The Morgan fingerprint density at radius 3 is 2.40 bits per heavy atom. The molecule has 0 aliphatic rings. The maximum atomic E-state index is 13.9. The number of ether oxygens (including phenoxy) is 1. The zero-order chi connectivity index (χ0) is 32.6. The molecule has 2 N–H and O–H groups in total. The molecule has 5 rings (SSSR count). The van der Waals surface area contributed by atoms with Crippen LogP contribution < -0.4 is 10.1 Å². The molecule has 0 atom stereocenters. The summed E-state index contributed by atoms with van der Waals surface area (Å²) in [5.74, 6) is -0.335. The number of amides is 1. The summed E-state index contributed by atoms with van der Waals surface area (Å²) < 4.78 is 15.5. The van der Waals surface area contributed by atoms with Gasteiger partial charge in [0, 0.05) is 46.9 Å². The van der Waals surface area contributed by atoms with Gasteiger partial charge >= 0.3 is 5.97 Å². The Morgan fingerprint density at radius 2 is 1.80 bits per heavy atom. The summed E-state index contributed by atoms with van der Waals surface area (Å²) in [4.78, 5) is 25.5. The molecule has 9 nitrogen and oxygen atoms in total. The van der Waals surface area contributed by atoms with Crippen molar-refractivity contribution in [2.24, 2.45) is 14.1 Å². The number of hydrogen-bond donors (Lipinski definition) is 2. The third-order valence-corrected chi connectivity index (χ3v) is 9.02.